The smallest absolute Gasteiger partial charge is 0.416 e. The lowest BCUT2D eigenvalue weighted by Crippen LogP contribution is -2.37. The number of nitrogens with zero attached hydrogens (tertiary/aromatic N) is 3. The molecule has 3 heterocycles. The van der Waals surface area contributed by atoms with E-state index in [2.05, 4.69) is 19.7 Å². The lowest BCUT2D eigenvalue weighted by atomic mass is 10.1. The molecule has 0 spiro atoms. The fourth-order valence-electron chi connectivity index (χ4n) is 3.31. The molecule has 1 aliphatic heterocycles. The standard InChI is InChI=1S/C19H20ClN5O3S/c1-9(2)15-8-28-19(27)25(15)18-23-17(24-29-18)21-10(3)13-7-11-6-12(20)4-5-14(11)22-16(13)26/h4-7,9-10,15H,8H2,1-3H3,(H,21,24)(H,22,26)/t10-,15?/m0/s1. The number of carbonyl (C=O) groups excluding carboxylic acids is 1. The van der Waals surface area contributed by atoms with Crippen molar-refractivity contribution >= 4 is 51.2 Å². The molecule has 1 aliphatic rings. The first-order valence-electron chi connectivity index (χ1n) is 9.22. The number of hydrogen-bond donors (Lipinski definition) is 2. The highest BCUT2D eigenvalue weighted by atomic mass is 35.5. The number of cyclic esters (lactones) is 1. The third kappa shape index (κ3) is 3.79. The zero-order valence-corrected chi connectivity index (χ0v) is 17.7. The van der Waals surface area contributed by atoms with E-state index in [1.165, 1.54) is 0 Å². The summed E-state index contributed by atoms with van der Waals surface area (Å²) >= 11 is 7.18. The van der Waals surface area contributed by atoms with Crippen LogP contribution in [0.4, 0.5) is 15.9 Å². The highest BCUT2D eigenvalue weighted by Gasteiger charge is 2.38. The Morgan fingerprint density at radius 1 is 1.31 bits per heavy atom. The molecule has 1 unspecified atom stereocenters. The zero-order chi connectivity index (χ0) is 20.7. The molecule has 1 amide bonds. The summed E-state index contributed by atoms with van der Waals surface area (Å²) in [6.45, 7) is 6.24. The predicted molar refractivity (Wildman–Crippen MR) is 114 cm³/mol. The van der Waals surface area contributed by atoms with Crippen molar-refractivity contribution in [2.24, 2.45) is 5.92 Å². The molecule has 2 atom stereocenters. The predicted octanol–water partition coefficient (Wildman–Crippen LogP) is 4.19. The molecule has 3 aromatic rings. The van der Waals surface area contributed by atoms with Crippen LogP contribution in [0.3, 0.4) is 0 Å². The molecule has 2 N–H and O–H groups in total. The van der Waals surface area contributed by atoms with Gasteiger partial charge in [-0.15, -0.1) is 0 Å². The van der Waals surface area contributed by atoms with E-state index in [1.807, 2.05) is 20.8 Å². The fourth-order valence-corrected chi connectivity index (χ4v) is 4.17. The van der Waals surface area contributed by atoms with Gasteiger partial charge in [-0.1, -0.05) is 25.4 Å². The Kier molecular flexibility index (Phi) is 5.18. The summed E-state index contributed by atoms with van der Waals surface area (Å²) in [7, 11) is 0. The minimum atomic E-state index is -0.415. The van der Waals surface area contributed by atoms with Gasteiger partial charge in [-0.25, -0.2) is 9.69 Å². The molecular weight excluding hydrogens is 414 g/mol. The third-order valence-electron chi connectivity index (χ3n) is 4.94. The molecule has 8 nitrogen and oxygen atoms in total. The van der Waals surface area contributed by atoms with Gasteiger partial charge >= 0.3 is 6.09 Å². The van der Waals surface area contributed by atoms with Gasteiger partial charge < -0.3 is 15.0 Å². The SMILES string of the molecule is CC(C)C1COC(=O)N1c1nc(N[C@@H](C)c2cc3cc(Cl)ccc3[nH]c2=O)ns1. The van der Waals surface area contributed by atoms with Gasteiger partial charge in [0, 0.05) is 33.0 Å². The molecule has 152 valence electrons. The summed E-state index contributed by atoms with van der Waals surface area (Å²) in [4.78, 5) is 33.4. The van der Waals surface area contributed by atoms with Crippen LogP contribution in [-0.4, -0.2) is 33.1 Å². The molecule has 10 heteroatoms. The summed E-state index contributed by atoms with van der Waals surface area (Å²) in [6, 6.07) is 6.68. The van der Waals surface area contributed by atoms with E-state index in [1.54, 1.807) is 29.2 Å². The summed E-state index contributed by atoms with van der Waals surface area (Å²) in [6.07, 6.45) is -0.415. The van der Waals surface area contributed by atoms with Crippen molar-refractivity contribution in [2.45, 2.75) is 32.9 Å². The maximum Gasteiger partial charge on any atom is 0.416 e. The van der Waals surface area contributed by atoms with Gasteiger partial charge in [0.2, 0.25) is 11.1 Å². The first-order valence-corrected chi connectivity index (χ1v) is 10.4. The Labute approximate surface area is 176 Å². The van der Waals surface area contributed by atoms with Gasteiger partial charge in [0.15, 0.2) is 0 Å². The van der Waals surface area contributed by atoms with Crippen LogP contribution in [0.1, 0.15) is 32.4 Å². The van der Waals surface area contributed by atoms with Crippen LogP contribution in [0.5, 0.6) is 0 Å². The lowest BCUT2D eigenvalue weighted by Gasteiger charge is -2.21. The Bertz CT molecular complexity index is 1130. The van der Waals surface area contributed by atoms with E-state index in [0.29, 0.717) is 28.3 Å². The van der Waals surface area contributed by atoms with Gasteiger partial charge in [0.05, 0.1) is 12.1 Å². The molecule has 0 radical (unpaired) electrons. The second kappa shape index (κ2) is 7.64. The maximum atomic E-state index is 12.5. The van der Waals surface area contributed by atoms with Crippen LogP contribution in [0, 0.1) is 5.92 Å². The van der Waals surface area contributed by atoms with Gasteiger partial charge in [-0.3, -0.25) is 4.79 Å². The molecule has 0 bridgehead atoms. The normalized spacial score (nSPS) is 17.8. The fraction of sp³-hybridized carbons (Fsp3) is 0.368. The molecule has 1 fully saturated rings. The van der Waals surface area contributed by atoms with E-state index >= 15 is 0 Å². The van der Waals surface area contributed by atoms with Crippen LogP contribution >= 0.6 is 23.1 Å². The summed E-state index contributed by atoms with van der Waals surface area (Å²) in [5.74, 6) is 0.578. The number of H-pyrrole nitrogens is 1. The highest BCUT2D eigenvalue weighted by Crippen LogP contribution is 2.30. The molecule has 2 aromatic heterocycles. The van der Waals surface area contributed by atoms with Crippen LogP contribution in [0.25, 0.3) is 10.9 Å². The molecule has 1 saturated heterocycles. The Balaban J connectivity index is 1.57. The molecule has 29 heavy (non-hydrogen) atoms. The number of anilines is 2. The van der Waals surface area contributed by atoms with E-state index in [9.17, 15) is 9.59 Å². The third-order valence-corrected chi connectivity index (χ3v) is 5.89. The van der Waals surface area contributed by atoms with Gasteiger partial charge in [0.1, 0.15) is 6.61 Å². The number of amides is 1. The first-order chi connectivity index (χ1) is 13.8. The molecule has 1 aromatic carbocycles. The number of aromatic amines is 1. The van der Waals surface area contributed by atoms with Crippen molar-refractivity contribution in [3.05, 3.63) is 45.2 Å². The first kappa shape index (κ1) is 19.7. The zero-order valence-electron chi connectivity index (χ0n) is 16.1. The monoisotopic (exact) mass is 433 g/mol. The number of rotatable bonds is 5. The topological polar surface area (TPSA) is 100 Å². The van der Waals surface area contributed by atoms with Gasteiger partial charge in [-0.2, -0.15) is 9.36 Å². The molecule has 0 saturated carbocycles. The van der Waals surface area contributed by atoms with Crippen LogP contribution in [0.2, 0.25) is 5.02 Å². The second-order valence-corrected chi connectivity index (χ2v) is 8.48. The minimum absolute atomic E-state index is 0.0752. The molecule has 0 aliphatic carbocycles. The van der Waals surface area contributed by atoms with Crippen molar-refractivity contribution in [2.75, 3.05) is 16.8 Å². The average molecular weight is 434 g/mol. The Morgan fingerprint density at radius 3 is 2.86 bits per heavy atom. The Hall–Kier alpha value is -2.65. The van der Waals surface area contributed by atoms with E-state index in [0.717, 1.165) is 22.4 Å². The van der Waals surface area contributed by atoms with Gasteiger partial charge in [-0.05, 0) is 37.1 Å². The number of benzene rings is 1. The van der Waals surface area contributed by atoms with E-state index in [-0.39, 0.29) is 23.6 Å². The second-order valence-electron chi connectivity index (χ2n) is 7.31. The summed E-state index contributed by atoms with van der Waals surface area (Å²) in [5, 5.41) is 5.05. The number of halogens is 1. The van der Waals surface area contributed by atoms with E-state index < -0.39 is 6.09 Å². The number of aromatic nitrogens is 3. The number of nitrogens with one attached hydrogen (secondary N) is 2. The van der Waals surface area contributed by atoms with Crippen molar-refractivity contribution in [1.82, 2.24) is 14.3 Å². The number of hydrogen-bond acceptors (Lipinski definition) is 7. The largest absolute Gasteiger partial charge is 0.447 e. The van der Waals surface area contributed by atoms with Crippen molar-refractivity contribution in [1.29, 1.82) is 0 Å². The Morgan fingerprint density at radius 2 is 2.10 bits per heavy atom. The number of carbonyl (C=O) groups is 1. The number of fused-ring (bicyclic) bond motifs is 1. The van der Waals surface area contributed by atoms with Crippen LogP contribution in [0.15, 0.2) is 29.1 Å². The lowest BCUT2D eigenvalue weighted by molar-refractivity contribution is 0.177. The summed E-state index contributed by atoms with van der Waals surface area (Å²) in [5.41, 5.74) is 1.06. The van der Waals surface area contributed by atoms with E-state index in [4.69, 9.17) is 16.3 Å². The average Bonchev–Trinajstić information content (AvgIpc) is 3.27. The maximum absolute atomic E-state index is 12.5. The highest BCUT2D eigenvalue weighted by molar-refractivity contribution is 7.10. The minimum Gasteiger partial charge on any atom is -0.447 e. The van der Waals surface area contributed by atoms with Crippen LogP contribution in [-0.2, 0) is 4.74 Å². The number of pyridine rings is 1. The number of ether oxygens (including phenoxy) is 1. The van der Waals surface area contributed by atoms with Crippen LogP contribution < -0.4 is 15.8 Å². The van der Waals surface area contributed by atoms with Crippen molar-refractivity contribution in [3.8, 4) is 0 Å². The van der Waals surface area contributed by atoms with Crippen molar-refractivity contribution < 1.29 is 9.53 Å². The molecule has 4 rings (SSSR count). The molecular formula is C19H20ClN5O3S. The van der Waals surface area contributed by atoms with Crippen molar-refractivity contribution in [3.63, 3.8) is 0 Å². The van der Waals surface area contributed by atoms with Gasteiger partial charge in [0.25, 0.3) is 5.56 Å². The summed E-state index contributed by atoms with van der Waals surface area (Å²) < 4.78 is 9.47. The quantitative estimate of drug-likeness (QED) is 0.625.